The van der Waals surface area contributed by atoms with Gasteiger partial charge in [-0.25, -0.2) is 4.39 Å². The van der Waals surface area contributed by atoms with Crippen LogP contribution in [-0.2, 0) is 6.54 Å². The summed E-state index contributed by atoms with van der Waals surface area (Å²) in [5, 5.41) is 17.6. The Hall–Kier alpha value is -1.70. The van der Waals surface area contributed by atoms with E-state index in [1.165, 1.54) is 23.8 Å². The molecule has 156 valence electrons. The Labute approximate surface area is 193 Å². The number of benzene rings is 1. The van der Waals surface area contributed by atoms with Gasteiger partial charge in [-0.2, -0.15) is 5.26 Å². The van der Waals surface area contributed by atoms with Crippen molar-refractivity contribution in [3.05, 3.63) is 57.5 Å². The monoisotopic (exact) mass is 527 g/mol. The number of nitrogens with zero attached hydrogens (tertiary/aromatic N) is 3. The van der Waals surface area contributed by atoms with Crippen LogP contribution in [0.3, 0.4) is 0 Å². The number of hydrogen-bond acceptors (Lipinski definition) is 4. The fourth-order valence-corrected chi connectivity index (χ4v) is 4.75. The van der Waals surface area contributed by atoms with Crippen LogP contribution in [0, 0.1) is 23.1 Å². The van der Waals surface area contributed by atoms with Crippen LogP contribution in [0.1, 0.15) is 34.9 Å². The number of rotatable bonds is 5. The molecule has 0 aliphatic carbocycles. The highest BCUT2D eigenvalue weighted by Crippen LogP contribution is 2.36. The van der Waals surface area contributed by atoms with Crippen LogP contribution in [-0.4, -0.2) is 38.0 Å². The fraction of sp³-hybridized carbons (Fsp3) is 0.429. The highest BCUT2D eigenvalue weighted by atomic mass is 127. The summed E-state index contributed by atoms with van der Waals surface area (Å²) in [5.41, 5.74) is 0.834. The van der Waals surface area contributed by atoms with E-state index in [9.17, 15) is 4.39 Å². The smallest absolute Gasteiger partial charge is 0.191 e. The minimum atomic E-state index is -0.381. The SMILES string of the molecule is CN=C(NCc1ccc(C#N)cc1F)NCC1CCCN(C)C1c1cccs1.I. The van der Waals surface area contributed by atoms with Gasteiger partial charge in [0.2, 0.25) is 0 Å². The lowest BCUT2D eigenvalue weighted by molar-refractivity contribution is 0.125. The summed E-state index contributed by atoms with van der Waals surface area (Å²) < 4.78 is 14.1. The number of piperidine rings is 1. The zero-order valence-corrected chi connectivity index (χ0v) is 19.8. The van der Waals surface area contributed by atoms with Crippen molar-refractivity contribution in [3.8, 4) is 6.07 Å². The Morgan fingerprint density at radius 1 is 1.38 bits per heavy atom. The second-order valence-corrected chi connectivity index (χ2v) is 8.05. The molecule has 29 heavy (non-hydrogen) atoms. The lowest BCUT2D eigenvalue weighted by Gasteiger charge is -2.39. The van der Waals surface area contributed by atoms with E-state index in [4.69, 9.17) is 5.26 Å². The molecule has 0 bridgehead atoms. The van der Waals surface area contributed by atoms with Gasteiger partial charge in [-0.05, 0) is 55.9 Å². The maximum Gasteiger partial charge on any atom is 0.191 e. The standard InChI is InChI=1S/C21H26FN5S.HI/c1-24-21(25-13-16-8-7-15(12-23)11-18(16)22)26-14-17-5-3-9-27(2)20(17)19-6-4-10-28-19;/h4,6-8,10-11,17,20H,3,5,9,13-14H2,1-2H3,(H2,24,25,26);1H. The Bertz CT molecular complexity index is 849. The molecular weight excluding hydrogens is 500 g/mol. The Morgan fingerprint density at radius 2 is 2.21 bits per heavy atom. The third-order valence-electron chi connectivity index (χ3n) is 5.23. The number of likely N-dealkylation sites (tertiary alicyclic amines) is 1. The zero-order valence-electron chi connectivity index (χ0n) is 16.7. The maximum atomic E-state index is 14.1. The van der Waals surface area contributed by atoms with Crippen molar-refractivity contribution in [3.63, 3.8) is 0 Å². The number of aliphatic imine (C=N–C) groups is 1. The summed E-state index contributed by atoms with van der Waals surface area (Å²) in [6, 6.07) is 11.2. The second-order valence-electron chi connectivity index (χ2n) is 7.07. The molecule has 1 aliphatic rings. The van der Waals surface area contributed by atoms with Crippen LogP contribution in [0.5, 0.6) is 0 Å². The van der Waals surface area contributed by atoms with E-state index in [1.54, 1.807) is 19.2 Å². The summed E-state index contributed by atoms with van der Waals surface area (Å²) >= 11 is 1.81. The molecule has 0 radical (unpaired) electrons. The highest BCUT2D eigenvalue weighted by Gasteiger charge is 2.31. The Kier molecular flexibility index (Phi) is 9.33. The minimum absolute atomic E-state index is 0. The third kappa shape index (κ3) is 6.14. The van der Waals surface area contributed by atoms with Crippen LogP contribution < -0.4 is 10.6 Å². The summed E-state index contributed by atoms with van der Waals surface area (Å²) in [4.78, 5) is 8.10. The number of nitriles is 1. The van der Waals surface area contributed by atoms with Crippen molar-refractivity contribution < 1.29 is 4.39 Å². The van der Waals surface area contributed by atoms with Crippen molar-refractivity contribution in [1.82, 2.24) is 15.5 Å². The maximum absolute atomic E-state index is 14.1. The molecule has 1 aromatic carbocycles. The number of halogens is 2. The Balaban J connectivity index is 0.00000300. The van der Waals surface area contributed by atoms with Crippen LogP contribution in [0.25, 0.3) is 0 Å². The predicted molar refractivity (Wildman–Crippen MR) is 127 cm³/mol. The molecule has 5 nitrogen and oxygen atoms in total. The number of guanidine groups is 1. The third-order valence-corrected chi connectivity index (χ3v) is 6.17. The van der Waals surface area contributed by atoms with Gasteiger partial charge in [-0.3, -0.25) is 9.89 Å². The average Bonchev–Trinajstić information content (AvgIpc) is 3.23. The molecule has 0 saturated carbocycles. The zero-order chi connectivity index (χ0) is 19.9. The summed E-state index contributed by atoms with van der Waals surface area (Å²) in [6.07, 6.45) is 2.36. The first-order valence-corrected chi connectivity index (χ1v) is 10.4. The van der Waals surface area contributed by atoms with Gasteiger partial charge in [0.25, 0.3) is 0 Å². The molecule has 2 aromatic rings. The summed E-state index contributed by atoms with van der Waals surface area (Å²) in [6.45, 7) is 2.24. The van der Waals surface area contributed by atoms with Crippen molar-refractivity contribution >= 4 is 41.3 Å². The van der Waals surface area contributed by atoms with E-state index in [-0.39, 0.29) is 29.8 Å². The van der Waals surface area contributed by atoms with Gasteiger partial charge in [0.05, 0.1) is 11.6 Å². The fourth-order valence-electron chi connectivity index (χ4n) is 3.77. The molecular formula is C21H27FIN5S. The van der Waals surface area contributed by atoms with Crippen molar-refractivity contribution in [2.75, 3.05) is 27.2 Å². The first kappa shape index (κ1) is 23.6. The molecule has 1 fully saturated rings. The van der Waals surface area contributed by atoms with Crippen LogP contribution in [0.2, 0.25) is 0 Å². The predicted octanol–water partition coefficient (Wildman–Crippen LogP) is 4.12. The Morgan fingerprint density at radius 3 is 2.86 bits per heavy atom. The largest absolute Gasteiger partial charge is 0.356 e. The quantitative estimate of drug-likeness (QED) is 0.349. The topological polar surface area (TPSA) is 63.5 Å². The van der Waals surface area contributed by atoms with Crippen LogP contribution in [0.4, 0.5) is 4.39 Å². The first-order valence-electron chi connectivity index (χ1n) is 9.49. The van der Waals surface area contributed by atoms with E-state index in [0.717, 1.165) is 13.1 Å². The molecule has 3 rings (SSSR count). The van der Waals surface area contributed by atoms with E-state index in [0.29, 0.717) is 35.6 Å². The second kappa shape index (κ2) is 11.5. The van der Waals surface area contributed by atoms with Crippen LogP contribution >= 0.6 is 35.3 Å². The van der Waals surface area contributed by atoms with Gasteiger partial charge in [-0.15, -0.1) is 35.3 Å². The minimum Gasteiger partial charge on any atom is -0.356 e. The summed E-state index contributed by atoms with van der Waals surface area (Å²) in [5.74, 6) is 0.762. The van der Waals surface area contributed by atoms with Crippen molar-refractivity contribution in [2.45, 2.75) is 25.4 Å². The van der Waals surface area contributed by atoms with Gasteiger partial charge in [0.1, 0.15) is 5.82 Å². The molecule has 2 heterocycles. The first-order chi connectivity index (χ1) is 13.6. The van der Waals surface area contributed by atoms with E-state index in [2.05, 4.69) is 45.1 Å². The van der Waals surface area contributed by atoms with Crippen molar-refractivity contribution in [2.24, 2.45) is 10.9 Å². The lowest BCUT2D eigenvalue weighted by Crippen LogP contribution is -2.44. The van der Waals surface area contributed by atoms with Gasteiger partial charge >= 0.3 is 0 Å². The van der Waals surface area contributed by atoms with Gasteiger partial charge < -0.3 is 10.6 Å². The molecule has 2 atom stereocenters. The molecule has 2 N–H and O–H groups in total. The van der Waals surface area contributed by atoms with E-state index >= 15 is 0 Å². The number of thiophene rings is 1. The molecule has 2 unspecified atom stereocenters. The number of nitrogens with one attached hydrogen (secondary N) is 2. The molecule has 1 saturated heterocycles. The molecule has 0 spiro atoms. The van der Waals surface area contributed by atoms with E-state index in [1.807, 2.05) is 17.4 Å². The summed E-state index contributed by atoms with van der Waals surface area (Å²) in [7, 11) is 3.91. The van der Waals surface area contributed by atoms with Gasteiger partial charge in [-0.1, -0.05) is 12.1 Å². The normalized spacial score (nSPS) is 19.9. The van der Waals surface area contributed by atoms with Gasteiger partial charge in [0, 0.05) is 36.6 Å². The molecule has 8 heteroatoms. The lowest BCUT2D eigenvalue weighted by atomic mass is 9.88. The number of hydrogen-bond donors (Lipinski definition) is 2. The molecule has 1 aliphatic heterocycles. The van der Waals surface area contributed by atoms with E-state index < -0.39 is 0 Å². The molecule has 1 aromatic heterocycles. The van der Waals surface area contributed by atoms with Gasteiger partial charge in [0.15, 0.2) is 5.96 Å². The van der Waals surface area contributed by atoms with Crippen molar-refractivity contribution in [1.29, 1.82) is 5.26 Å². The molecule has 0 amide bonds. The van der Waals surface area contributed by atoms with Crippen LogP contribution in [0.15, 0.2) is 40.7 Å². The average molecular weight is 527 g/mol. The highest BCUT2D eigenvalue weighted by molar-refractivity contribution is 14.0.